The minimum Gasteiger partial charge on any atom is -0.481 e. The van der Waals surface area contributed by atoms with Gasteiger partial charge in [0.25, 0.3) is 5.91 Å². The summed E-state index contributed by atoms with van der Waals surface area (Å²) in [4.78, 5) is 36.4. The molecule has 2 unspecified atom stereocenters. The molecule has 0 radical (unpaired) electrons. The summed E-state index contributed by atoms with van der Waals surface area (Å²) in [6, 6.07) is 14.0. The summed E-state index contributed by atoms with van der Waals surface area (Å²) in [7, 11) is 0. The van der Waals surface area contributed by atoms with Gasteiger partial charge in [-0.25, -0.2) is 0 Å². The number of anilines is 1. The highest BCUT2D eigenvalue weighted by molar-refractivity contribution is 6.30. The largest absolute Gasteiger partial charge is 0.481 e. The van der Waals surface area contributed by atoms with E-state index in [-0.39, 0.29) is 17.7 Å². The lowest BCUT2D eigenvalue weighted by Gasteiger charge is -2.35. The van der Waals surface area contributed by atoms with Crippen LogP contribution in [0.1, 0.15) is 38.7 Å². The molecule has 7 heteroatoms. The Morgan fingerprint density at radius 1 is 1.24 bits per heavy atom. The lowest BCUT2D eigenvalue weighted by Crippen LogP contribution is -2.51. The maximum atomic E-state index is 12.5. The molecule has 2 atom stereocenters. The van der Waals surface area contributed by atoms with E-state index in [4.69, 9.17) is 16.3 Å². The molecule has 2 aromatic rings. The zero-order valence-corrected chi connectivity index (χ0v) is 17.1. The molecule has 1 fully saturated rings. The number of nitrogens with one attached hydrogen (secondary N) is 2. The van der Waals surface area contributed by atoms with Gasteiger partial charge in [0.05, 0.1) is 5.41 Å². The van der Waals surface area contributed by atoms with Crippen LogP contribution in [0, 0.1) is 0 Å². The first-order valence-corrected chi connectivity index (χ1v) is 9.90. The summed E-state index contributed by atoms with van der Waals surface area (Å²) in [5.74, 6) is -0.296. The Labute approximate surface area is 174 Å². The van der Waals surface area contributed by atoms with E-state index in [9.17, 15) is 14.4 Å². The van der Waals surface area contributed by atoms with Crippen LogP contribution in [-0.4, -0.2) is 23.8 Å². The zero-order valence-electron chi connectivity index (χ0n) is 16.3. The molecule has 1 aliphatic heterocycles. The van der Waals surface area contributed by atoms with Crippen LogP contribution in [0.2, 0.25) is 5.02 Å². The van der Waals surface area contributed by atoms with Crippen molar-refractivity contribution in [2.45, 2.75) is 44.6 Å². The molecule has 2 N–H and O–H groups in total. The van der Waals surface area contributed by atoms with E-state index in [0.717, 1.165) is 5.56 Å². The molecular weight excluding hydrogens is 392 g/mol. The second kappa shape index (κ2) is 8.66. The third-order valence-electron chi connectivity index (χ3n) is 5.25. The van der Waals surface area contributed by atoms with Gasteiger partial charge in [-0.3, -0.25) is 19.7 Å². The first-order valence-electron chi connectivity index (χ1n) is 9.52. The maximum absolute atomic E-state index is 12.5. The van der Waals surface area contributed by atoms with Crippen molar-refractivity contribution < 1.29 is 19.1 Å². The first kappa shape index (κ1) is 20.9. The van der Waals surface area contributed by atoms with E-state index >= 15 is 0 Å². The van der Waals surface area contributed by atoms with Crippen molar-refractivity contribution in [1.82, 2.24) is 5.32 Å². The van der Waals surface area contributed by atoms with E-state index in [1.54, 1.807) is 43.3 Å². The average Bonchev–Trinajstić information content (AvgIpc) is 2.69. The molecule has 3 rings (SSSR count). The molecule has 1 saturated heterocycles. The molecule has 3 amide bonds. The third kappa shape index (κ3) is 4.59. The SMILES string of the molecule is CCC1(c2ccc(NC(=O)C(C)Oc3cccc(Cl)c3)cc2)CCC(=O)NC1=O. The number of imide groups is 1. The smallest absolute Gasteiger partial charge is 0.265 e. The van der Waals surface area contributed by atoms with Gasteiger partial charge in [0, 0.05) is 17.1 Å². The Morgan fingerprint density at radius 3 is 2.59 bits per heavy atom. The van der Waals surface area contributed by atoms with Crippen molar-refractivity contribution >= 4 is 35.0 Å². The number of hydrogen-bond donors (Lipinski definition) is 2. The highest BCUT2D eigenvalue weighted by Gasteiger charge is 2.42. The second-order valence-corrected chi connectivity index (χ2v) is 7.53. The van der Waals surface area contributed by atoms with Gasteiger partial charge in [0.15, 0.2) is 6.10 Å². The highest BCUT2D eigenvalue weighted by Crippen LogP contribution is 2.36. The molecule has 2 aromatic carbocycles. The number of amides is 3. The molecule has 29 heavy (non-hydrogen) atoms. The number of carbonyl (C=O) groups excluding carboxylic acids is 3. The van der Waals surface area contributed by atoms with Crippen LogP contribution in [-0.2, 0) is 19.8 Å². The van der Waals surface area contributed by atoms with Crippen LogP contribution in [0.25, 0.3) is 0 Å². The number of carbonyl (C=O) groups is 3. The highest BCUT2D eigenvalue weighted by atomic mass is 35.5. The Morgan fingerprint density at radius 2 is 1.97 bits per heavy atom. The normalized spacial score (nSPS) is 20.0. The Kier molecular flexibility index (Phi) is 6.23. The lowest BCUT2D eigenvalue weighted by atomic mass is 9.72. The van der Waals surface area contributed by atoms with Gasteiger partial charge in [-0.15, -0.1) is 0 Å². The van der Waals surface area contributed by atoms with Crippen molar-refractivity contribution in [3.8, 4) is 5.75 Å². The first-order chi connectivity index (χ1) is 13.8. The summed E-state index contributed by atoms with van der Waals surface area (Å²) < 4.78 is 5.62. The minimum absolute atomic E-state index is 0.239. The Bertz CT molecular complexity index is 929. The van der Waals surface area contributed by atoms with E-state index in [1.807, 2.05) is 19.1 Å². The van der Waals surface area contributed by atoms with Crippen molar-refractivity contribution in [3.63, 3.8) is 0 Å². The molecule has 0 spiro atoms. The molecule has 1 heterocycles. The van der Waals surface area contributed by atoms with Gasteiger partial charge in [0.1, 0.15) is 5.75 Å². The minimum atomic E-state index is -0.723. The molecule has 1 aliphatic rings. The summed E-state index contributed by atoms with van der Waals surface area (Å²) in [6.45, 7) is 3.58. The fourth-order valence-electron chi connectivity index (χ4n) is 3.48. The summed E-state index contributed by atoms with van der Waals surface area (Å²) in [5, 5.41) is 5.77. The maximum Gasteiger partial charge on any atom is 0.265 e. The van der Waals surface area contributed by atoms with Crippen molar-refractivity contribution in [2.75, 3.05) is 5.32 Å². The molecule has 0 bridgehead atoms. The molecule has 0 saturated carbocycles. The number of halogens is 1. The van der Waals surface area contributed by atoms with Crippen LogP contribution >= 0.6 is 11.6 Å². The van der Waals surface area contributed by atoms with E-state index in [2.05, 4.69) is 10.6 Å². The number of benzene rings is 2. The zero-order chi connectivity index (χ0) is 21.0. The monoisotopic (exact) mass is 414 g/mol. The van der Waals surface area contributed by atoms with Crippen molar-refractivity contribution in [1.29, 1.82) is 0 Å². The van der Waals surface area contributed by atoms with E-state index in [0.29, 0.717) is 35.7 Å². The van der Waals surface area contributed by atoms with Crippen LogP contribution in [0.3, 0.4) is 0 Å². The van der Waals surface area contributed by atoms with Crippen molar-refractivity contribution in [3.05, 3.63) is 59.1 Å². The van der Waals surface area contributed by atoms with Gasteiger partial charge in [-0.2, -0.15) is 0 Å². The summed E-state index contributed by atoms with van der Waals surface area (Å²) >= 11 is 5.93. The number of hydrogen-bond acceptors (Lipinski definition) is 4. The summed E-state index contributed by atoms with van der Waals surface area (Å²) in [5.41, 5.74) is 0.699. The quantitative estimate of drug-likeness (QED) is 0.703. The fraction of sp³-hybridized carbons (Fsp3) is 0.318. The van der Waals surface area contributed by atoms with Crippen LogP contribution < -0.4 is 15.4 Å². The number of piperidine rings is 1. The second-order valence-electron chi connectivity index (χ2n) is 7.10. The summed E-state index contributed by atoms with van der Waals surface area (Å²) in [6.07, 6.45) is 0.661. The lowest BCUT2D eigenvalue weighted by molar-refractivity contribution is -0.138. The molecule has 0 aromatic heterocycles. The van der Waals surface area contributed by atoms with Crippen LogP contribution in [0.5, 0.6) is 5.75 Å². The molecule has 6 nitrogen and oxygen atoms in total. The van der Waals surface area contributed by atoms with Crippen LogP contribution in [0.4, 0.5) is 5.69 Å². The standard InChI is InChI=1S/C22H23ClN2O4/c1-3-22(12-11-19(26)25-21(22)28)15-7-9-17(10-8-15)24-20(27)14(2)29-18-6-4-5-16(23)13-18/h4-10,13-14H,3,11-12H2,1-2H3,(H,24,27)(H,25,26,28). The molecular formula is C22H23ClN2O4. The van der Waals surface area contributed by atoms with Gasteiger partial charge in [0.2, 0.25) is 11.8 Å². The Balaban J connectivity index is 1.67. The average molecular weight is 415 g/mol. The van der Waals surface area contributed by atoms with E-state index < -0.39 is 11.5 Å². The third-order valence-corrected chi connectivity index (χ3v) is 5.49. The van der Waals surface area contributed by atoms with Gasteiger partial charge in [-0.05, 0) is 55.7 Å². The fourth-order valence-corrected chi connectivity index (χ4v) is 3.66. The van der Waals surface area contributed by atoms with Gasteiger partial charge in [-0.1, -0.05) is 36.7 Å². The van der Waals surface area contributed by atoms with Crippen LogP contribution in [0.15, 0.2) is 48.5 Å². The molecule has 152 valence electrons. The van der Waals surface area contributed by atoms with E-state index in [1.165, 1.54) is 0 Å². The Hall–Kier alpha value is -2.86. The van der Waals surface area contributed by atoms with Crippen molar-refractivity contribution in [2.24, 2.45) is 0 Å². The van der Waals surface area contributed by atoms with Gasteiger partial charge < -0.3 is 10.1 Å². The molecule has 0 aliphatic carbocycles. The van der Waals surface area contributed by atoms with Gasteiger partial charge >= 0.3 is 0 Å². The number of rotatable bonds is 6. The topological polar surface area (TPSA) is 84.5 Å². The predicted molar refractivity (Wildman–Crippen MR) is 111 cm³/mol. The number of ether oxygens (including phenoxy) is 1. The predicted octanol–water partition coefficient (Wildman–Crippen LogP) is 3.83.